The summed E-state index contributed by atoms with van der Waals surface area (Å²) in [6, 6.07) is 12.0. The molecule has 0 saturated heterocycles. The zero-order valence-corrected chi connectivity index (χ0v) is 12.6. The number of rotatable bonds is 4. The molecule has 0 aliphatic rings. The Morgan fingerprint density at radius 2 is 1.55 bits per heavy atom. The molecule has 0 aliphatic carbocycles. The van der Waals surface area contributed by atoms with Gasteiger partial charge >= 0.3 is 0 Å². The standard InChI is InChI=1S/C18H22O2/c1-12-9-13(2)18(14(3)10-12)11-20-17-7-5-16(6-8-17)15(4)19/h5-10,15,19H,11H2,1-4H3/t15-/m1/s1. The molecule has 0 aromatic heterocycles. The van der Waals surface area contributed by atoms with Crippen LogP contribution in [0.5, 0.6) is 5.75 Å². The van der Waals surface area contributed by atoms with Gasteiger partial charge in [0.2, 0.25) is 0 Å². The van der Waals surface area contributed by atoms with Gasteiger partial charge in [-0.05, 0) is 62.1 Å². The highest BCUT2D eigenvalue weighted by Gasteiger charge is 2.05. The SMILES string of the molecule is Cc1cc(C)c(COc2ccc([C@@H](C)O)cc2)c(C)c1. The molecule has 2 nitrogen and oxygen atoms in total. The predicted molar refractivity (Wildman–Crippen MR) is 82.1 cm³/mol. The van der Waals surface area contributed by atoms with Gasteiger partial charge in [0.15, 0.2) is 0 Å². The van der Waals surface area contributed by atoms with Crippen molar-refractivity contribution >= 4 is 0 Å². The molecule has 106 valence electrons. The fourth-order valence-electron chi connectivity index (χ4n) is 2.44. The van der Waals surface area contributed by atoms with Crippen molar-refractivity contribution < 1.29 is 9.84 Å². The number of benzene rings is 2. The van der Waals surface area contributed by atoms with E-state index in [-0.39, 0.29) is 0 Å². The molecule has 1 atom stereocenters. The van der Waals surface area contributed by atoms with E-state index in [1.54, 1.807) is 6.92 Å². The van der Waals surface area contributed by atoms with E-state index >= 15 is 0 Å². The fraction of sp³-hybridized carbons (Fsp3) is 0.333. The van der Waals surface area contributed by atoms with Crippen LogP contribution in [0.2, 0.25) is 0 Å². The Kier molecular flexibility index (Phi) is 4.46. The van der Waals surface area contributed by atoms with E-state index in [0.29, 0.717) is 6.61 Å². The second-order valence-corrected chi connectivity index (χ2v) is 5.41. The smallest absolute Gasteiger partial charge is 0.119 e. The summed E-state index contributed by atoms with van der Waals surface area (Å²) < 4.78 is 5.85. The van der Waals surface area contributed by atoms with Gasteiger partial charge in [-0.25, -0.2) is 0 Å². The number of hydrogen-bond acceptors (Lipinski definition) is 2. The fourth-order valence-corrected chi connectivity index (χ4v) is 2.44. The average Bonchev–Trinajstić information content (AvgIpc) is 2.38. The van der Waals surface area contributed by atoms with Crippen LogP contribution in [-0.2, 0) is 6.61 Å². The molecule has 0 aliphatic heterocycles. The minimum absolute atomic E-state index is 0.439. The summed E-state index contributed by atoms with van der Waals surface area (Å²) in [5, 5.41) is 9.48. The second kappa shape index (κ2) is 6.10. The van der Waals surface area contributed by atoms with Gasteiger partial charge in [-0.1, -0.05) is 29.8 Å². The first-order valence-electron chi connectivity index (χ1n) is 6.95. The van der Waals surface area contributed by atoms with Crippen LogP contribution in [0.25, 0.3) is 0 Å². The normalized spacial score (nSPS) is 12.2. The molecular weight excluding hydrogens is 248 g/mol. The van der Waals surface area contributed by atoms with E-state index in [0.717, 1.165) is 11.3 Å². The monoisotopic (exact) mass is 270 g/mol. The maximum atomic E-state index is 9.48. The Hall–Kier alpha value is -1.80. The molecule has 2 aromatic rings. The molecule has 2 heteroatoms. The first-order valence-corrected chi connectivity index (χ1v) is 6.95. The second-order valence-electron chi connectivity index (χ2n) is 5.41. The first kappa shape index (κ1) is 14.6. The van der Waals surface area contributed by atoms with Gasteiger partial charge in [0.1, 0.15) is 12.4 Å². The van der Waals surface area contributed by atoms with Crippen LogP contribution in [-0.4, -0.2) is 5.11 Å². The molecule has 0 saturated carbocycles. The van der Waals surface area contributed by atoms with Gasteiger partial charge in [-0.2, -0.15) is 0 Å². The molecule has 1 N–H and O–H groups in total. The third-order valence-corrected chi connectivity index (χ3v) is 3.59. The summed E-state index contributed by atoms with van der Waals surface area (Å²) in [4.78, 5) is 0. The Morgan fingerprint density at radius 3 is 2.05 bits per heavy atom. The lowest BCUT2D eigenvalue weighted by molar-refractivity contribution is 0.199. The van der Waals surface area contributed by atoms with Gasteiger partial charge in [0.25, 0.3) is 0 Å². The largest absolute Gasteiger partial charge is 0.489 e. The minimum Gasteiger partial charge on any atom is -0.489 e. The molecule has 0 bridgehead atoms. The van der Waals surface area contributed by atoms with Crippen LogP contribution in [0.3, 0.4) is 0 Å². The van der Waals surface area contributed by atoms with E-state index in [1.165, 1.54) is 22.3 Å². The summed E-state index contributed by atoms with van der Waals surface area (Å²) in [5.74, 6) is 0.828. The van der Waals surface area contributed by atoms with Gasteiger partial charge in [-0.3, -0.25) is 0 Å². The van der Waals surface area contributed by atoms with Crippen molar-refractivity contribution in [2.75, 3.05) is 0 Å². The van der Waals surface area contributed by atoms with E-state index in [4.69, 9.17) is 4.74 Å². The van der Waals surface area contributed by atoms with Crippen molar-refractivity contribution in [2.45, 2.75) is 40.4 Å². The Morgan fingerprint density at radius 1 is 1.00 bits per heavy atom. The molecule has 0 radical (unpaired) electrons. The van der Waals surface area contributed by atoms with Gasteiger partial charge in [0, 0.05) is 0 Å². The molecule has 20 heavy (non-hydrogen) atoms. The third kappa shape index (κ3) is 3.40. The molecule has 2 aromatic carbocycles. The van der Waals surface area contributed by atoms with Crippen LogP contribution in [0.15, 0.2) is 36.4 Å². The van der Waals surface area contributed by atoms with Crippen molar-refractivity contribution in [3.05, 3.63) is 64.2 Å². The number of aliphatic hydroxyl groups is 1. The van der Waals surface area contributed by atoms with Crippen LogP contribution in [0, 0.1) is 20.8 Å². The molecule has 2 rings (SSSR count). The maximum absolute atomic E-state index is 9.48. The van der Waals surface area contributed by atoms with E-state index in [9.17, 15) is 5.11 Å². The van der Waals surface area contributed by atoms with Crippen molar-refractivity contribution in [2.24, 2.45) is 0 Å². The number of aryl methyl sites for hydroxylation is 3. The maximum Gasteiger partial charge on any atom is 0.119 e. The predicted octanol–water partition coefficient (Wildman–Crippen LogP) is 4.24. The summed E-state index contributed by atoms with van der Waals surface area (Å²) >= 11 is 0. The summed E-state index contributed by atoms with van der Waals surface area (Å²) in [7, 11) is 0. The lowest BCUT2D eigenvalue weighted by Crippen LogP contribution is -2.01. The molecule has 0 amide bonds. The van der Waals surface area contributed by atoms with Gasteiger partial charge in [-0.15, -0.1) is 0 Å². The van der Waals surface area contributed by atoms with Crippen LogP contribution in [0.1, 0.15) is 40.8 Å². The van der Waals surface area contributed by atoms with Crippen LogP contribution in [0.4, 0.5) is 0 Å². The Balaban J connectivity index is 2.09. The van der Waals surface area contributed by atoms with E-state index in [2.05, 4.69) is 32.9 Å². The zero-order valence-electron chi connectivity index (χ0n) is 12.6. The first-order chi connectivity index (χ1) is 9.47. The number of hydrogen-bond donors (Lipinski definition) is 1. The Bertz CT molecular complexity index is 560. The van der Waals surface area contributed by atoms with Crippen molar-refractivity contribution in [3.63, 3.8) is 0 Å². The highest BCUT2D eigenvalue weighted by molar-refractivity contribution is 5.37. The minimum atomic E-state index is -0.439. The van der Waals surface area contributed by atoms with Crippen molar-refractivity contribution in [1.29, 1.82) is 0 Å². The van der Waals surface area contributed by atoms with Crippen molar-refractivity contribution in [3.8, 4) is 5.75 Å². The number of aliphatic hydroxyl groups excluding tert-OH is 1. The van der Waals surface area contributed by atoms with E-state index in [1.807, 2.05) is 24.3 Å². The average molecular weight is 270 g/mol. The van der Waals surface area contributed by atoms with Crippen LogP contribution >= 0.6 is 0 Å². The van der Waals surface area contributed by atoms with E-state index < -0.39 is 6.10 Å². The lowest BCUT2D eigenvalue weighted by atomic mass is 10.0. The summed E-state index contributed by atoms with van der Waals surface area (Å²) in [6.07, 6.45) is -0.439. The highest BCUT2D eigenvalue weighted by atomic mass is 16.5. The number of ether oxygens (including phenoxy) is 1. The molecule has 0 spiro atoms. The van der Waals surface area contributed by atoms with Gasteiger partial charge < -0.3 is 9.84 Å². The van der Waals surface area contributed by atoms with Crippen molar-refractivity contribution in [1.82, 2.24) is 0 Å². The quantitative estimate of drug-likeness (QED) is 0.900. The zero-order chi connectivity index (χ0) is 14.7. The molecule has 0 unspecified atom stereocenters. The molecular formula is C18H22O2. The summed E-state index contributed by atoms with van der Waals surface area (Å²) in [5.41, 5.74) is 5.96. The third-order valence-electron chi connectivity index (χ3n) is 3.59. The molecule has 0 fully saturated rings. The topological polar surface area (TPSA) is 29.5 Å². The summed E-state index contributed by atoms with van der Waals surface area (Å²) in [6.45, 7) is 8.69. The van der Waals surface area contributed by atoms with Crippen LogP contribution < -0.4 is 4.74 Å². The highest BCUT2D eigenvalue weighted by Crippen LogP contribution is 2.21. The molecule has 0 heterocycles. The Labute approximate surface area is 121 Å². The lowest BCUT2D eigenvalue weighted by Gasteiger charge is -2.13. The van der Waals surface area contributed by atoms with Gasteiger partial charge in [0.05, 0.1) is 6.10 Å².